The summed E-state index contributed by atoms with van der Waals surface area (Å²) in [7, 11) is 0. The SMILES string of the molecule is Brc1cccc2c(-c3cccc4ccccc34)c3ccccc3c(-c3cccc4ccccc34)c12. The summed E-state index contributed by atoms with van der Waals surface area (Å²) in [6.07, 6.45) is 0. The van der Waals surface area contributed by atoms with Crippen molar-refractivity contribution < 1.29 is 0 Å². The van der Waals surface area contributed by atoms with E-state index in [-0.39, 0.29) is 0 Å². The van der Waals surface area contributed by atoms with Crippen LogP contribution in [0.4, 0.5) is 0 Å². The third-order valence-corrected chi connectivity index (χ3v) is 7.78. The Morgan fingerprint density at radius 3 is 1.40 bits per heavy atom. The van der Waals surface area contributed by atoms with E-state index < -0.39 is 0 Å². The number of fused-ring (bicyclic) bond motifs is 4. The van der Waals surface area contributed by atoms with E-state index in [1.54, 1.807) is 0 Å². The van der Waals surface area contributed by atoms with Crippen LogP contribution in [0.5, 0.6) is 0 Å². The maximum Gasteiger partial charge on any atom is 0.0260 e. The van der Waals surface area contributed by atoms with E-state index in [0.717, 1.165) is 4.47 Å². The topological polar surface area (TPSA) is 0 Å². The fraction of sp³-hybridized carbons (Fsp3) is 0. The largest absolute Gasteiger partial charge is 0.0616 e. The zero-order valence-electron chi connectivity index (χ0n) is 19.0. The lowest BCUT2D eigenvalue weighted by Crippen LogP contribution is -1.93. The van der Waals surface area contributed by atoms with Gasteiger partial charge in [-0.3, -0.25) is 0 Å². The van der Waals surface area contributed by atoms with Gasteiger partial charge in [-0.25, -0.2) is 0 Å². The summed E-state index contributed by atoms with van der Waals surface area (Å²) in [4.78, 5) is 0. The van der Waals surface area contributed by atoms with Gasteiger partial charge in [0.05, 0.1) is 0 Å². The normalized spacial score (nSPS) is 11.6. The molecule has 0 fully saturated rings. The molecule has 0 aliphatic rings. The molecule has 0 bridgehead atoms. The molecule has 0 nitrogen and oxygen atoms in total. The van der Waals surface area contributed by atoms with Crippen LogP contribution in [0, 0.1) is 0 Å². The number of hydrogen-bond acceptors (Lipinski definition) is 0. The van der Waals surface area contributed by atoms with E-state index in [4.69, 9.17) is 0 Å². The van der Waals surface area contributed by atoms with Gasteiger partial charge < -0.3 is 0 Å². The Balaban J connectivity index is 1.73. The molecule has 0 amide bonds. The van der Waals surface area contributed by atoms with Gasteiger partial charge in [0, 0.05) is 9.86 Å². The van der Waals surface area contributed by atoms with E-state index in [2.05, 4.69) is 143 Å². The van der Waals surface area contributed by atoms with Crippen molar-refractivity contribution in [1.29, 1.82) is 0 Å². The maximum atomic E-state index is 3.95. The Hall–Kier alpha value is -3.94. The standard InChI is InChI=1S/C34H21Br/c35-31-21-9-20-30-32(26-18-7-12-22-10-1-3-14-24(22)26)28-16-5-6-17-29(28)33(34(30)31)27-19-8-13-23-11-2-4-15-25(23)27/h1-21H. The van der Waals surface area contributed by atoms with Crippen molar-refractivity contribution in [2.24, 2.45) is 0 Å². The quantitative estimate of drug-likeness (QED) is 0.203. The lowest BCUT2D eigenvalue weighted by Gasteiger charge is -2.20. The molecule has 164 valence electrons. The van der Waals surface area contributed by atoms with Gasteiger partial charge in [-0.1, -0.05) is 137 Å². The zero-order chi connectivity index (χ0) is 23.4. The van der Waals surface area contributed by atoms with Gasteiger partial charge in [0.15, 0.2) is 0 Å². The first-order valence-corrected chi connectivity index (χ1v) is 12.7. The van der Waals surface area contributed by atoms with Crippen LogP contribution in [0.25, 0.3) is 65.3 Å². The summed E-state index contributed by atoms with van der Waals surface area (Å²) < 4.78 is 1.12. The molecule has 0 aliphatic carbocycles. The van der Waals surface area contributed by atoms with Gasteiger partial charge in [-0.05, 0) is 66.0 Å². The fourth-order valence-electron chi connectivity index (χ4n) is 5.64. The number of hydrogen-bond donors (Lipinski definition) is 0. The first kappa shape index (κ1) is 20.4. The number of halogens is 1. The van der Waals surface area contributed by atoms with Crippen molar-refractivity contribution in [3.8, 4) is 22.3 Å². The van der Waals surface area contributed by atoms with Crippen molar-refractivity contribution in [2.75, 3.05) is 0 Å². The Kier molecular flexibility index (Phi) is 4.72. The predicted octanol–water partition coefficient (Wildman–Crippen LogP) is 10.4. The molecule has 0 aliphatic heterocycles. The number of rotatable bonds is 2. The monoisotopic (exact) mass is 508 g/mol. The van der Waals surface area contributed by atoms with Crippen LogP contribution in [0.3, 0.4) is 0 Å². The first-order valence-electron chi connectivity index (χ1n) is 11.9. The molecule has 0 aromatic heterocycles. The van der Waals surface area contributed by atoms with Gasteiger partial charge in [-0.2, -0.15) is 0 Å². The molecule has 1 heteroatoms. The fourth-order valence-corrected chi connectivity index (χ4v) is 6.21. The van der Waals surface area contributed by atoms with Crippen LogP contribution < -0.4 is 0 Å². The van der Waals surface area contributed by atoms with Gasteiger partial charge >= 0.3 is 0 Å². The zero-order valence-corrected chi connectivity index (χ0v) is 20.6. The van der Waals surface area contributed by atoms with Crippen LogP contribution in [-0.2, 0) is 0 Å². The minimum absolute atomic E-state index is 1.12. The highest BCUT2D eigenvalue weighted by molar-refractivity contribution is 9.10. The van der Waals surface area contributed by atoms with E-state index in [1.165, 1.54) is 65.3 Å². The second kappa shape index (κ2) is 8.08. The maximum absolute atomic E-state index is 3.95. The van der Waals surface area contributed by atoms with Gasteiger partial charge in [0.1, 0.15) is 0 Å². The average molecular weight is 509 g/mol. The molecule has 0 saturated carbocycles. The Morgan fingerprint density at radius 1 is 0.343 bits per heavy atom. The molecule has 7 aromatic rings. The molecule has 35 heavy (non-hydrogen) atoms. The van der Waals surface area contributed by atoms with Gasteiger partial charge in [0.25, 0.3) is 0 Å². The summed E-state index contributed by atoms with van der Waals surface area (Å²) >= 11 is 3.95. The van der Waals surface area contributed by atoms with E-state index in [9.17, 15) is 0 Å². The average Bonchev–Trinajstić information content (AvgIpc) is 2.91. The van der Waals surface area contributed by atoms with Crippen LogP contribution in [0.15, 0.2) is 132 Å². The van der Waals surface area contributed by atoms with Crippen molar-refractivity contribution in [3.63, 3.8) is 0 Å². The Bertz CT molecular complexity index is 1900. The van der Waals surface area contributed by atoms with Crippen LogP contribution >= 0.6 is 15.9 Å². The molecule has 0 unspecified atom stereocenters. The highest BCUT2D eigenvalue weighted by Gasteiger charge is 2.20. The van der Waals surface area contributed by atoms with Crippen LogP contribution in [0.1, 0.15) is 0 Å². The molecule has 7 rings (SSSR count). The summed E-state index contributed by atoms with van der Waals surface area (Å²) in [6, 6.07) is 46.1. The van der Waals surface area contributed by atoms with E-state index in [1.807, 2.05) is 0 Å². The predicted molar refractivity (Wildman–Crippen MR) is 155 cm³/mol. The van der Waals surface area contributed by atoms with Gasteiger partial charge in [-0.15, -0.1) is 0 Å². The Labute approximate surface area is 212 Å². The van der Waals surface area contributed by atoms with Crippen molar-refractivity contribution in [1.82, 2.24) is 0 Å². The molecule has 0 atom stereocenters. The molecular formula is C34H21Br. The molecule has 0 spiro atoms. The molecule has 0 saturated heterocycles. The number of benzene rings is 7. The smallest absolute Gasteiger partial charge is 0.0260 e. The Morgan fingerprint density at radius 2 is 0.771 bits per heavy atom. The summed E-state index contributed by atoms with van der Waals surface area (Å²) in [5, 5.41) is 10.1. The summed E-state index contributed by atoms with van der Waals surface area (Å²) in [5.41, 5.74) is 5.11. The highest BCUT2D eigenvalue weighted by Crippen LogP contribution is 2.48. The van der Waals surface area contributed by atoms with E-state index in [0.29, 0.717) is 0 Å². The third-order valence-electron chi connectivity index (χ3n) is 7.12. The highest BCUT2D eigenvalue weighted by atomic mass is 79.9. The van der Waals surface area contributed by atoms with E-state index >= 15 is 0 Å². The third kappa shape index (κ3) is 3.12. The molecule has 7 aromatic carbocycles. The molecule has 0 heterocycles. The van der Waals surface area contributed by atoms with Gasteiger partial charge in [0.2, 0.25) is 0 Å². The lowest BCUT2D eigenvalue weighted by atomic mass is 9.84. The second-order valence-corrected chi connectivity index (χ2v) is 9.87. The van der Waals surface area contributed by atoms with Crippen molar-refractivity contribution in [2.45, 2.75) is 0 Å². The second-order valence-electron chi connectivity index (χ2n) is 9.01. The van der Waals surface area contributed by atoms with Crippen molar-refractivity contribution in [3.05, 3.63) is 132 Å². The molecular weight excluding hydrogens is 488 g/mol. The summed E-state index contributed by atoms with van der Waals surface area (Å²) in [5.74, 6) is 0. The molecule has 0 radical (unpaired) electrons. The summed E-state index contributed by atoms with van der Waals surface area (Å²) in [6.45, 7) is 0. The van der Waals surface area contributed by atoms with Crippen LogP contribution in [0.2, 0.25) is 0 Å². The van der Waals surface area contributed by atoms with Crippen molar-refractivity contribution >= 4 is 59.0 Å². The first-order chi connectivity index (χ1) is 17.3. The minimum Gasteiger partial charge on any atom is -0.0616 e. The minimum atomic E-state index is 1.12. The molecule has 0 N–H and O–H groups in total. The van der Waals surface area contributed by atoms with Crippen LogP contribution in [-0.4, -0.2) is 0 Å². The lowest BCUT2D eigenvalue weighted by molar-refractivity contribution is 1.67.